The smallest absolute Gasteiger partial charge is 0.230 e. The Balaban J connectivity index is 1.41. The second kappa shape index (κ2) is 8.12. The van der Waals surface area contributed by atoms with Crippen LogP contribution in [0.2, 0.25) is 0 Å². The van der Waals surface area contributed by atoms with Crippen LogP contribution in [0.1, 0.15) is 6.42 Å². The minimum absolute atomic E-state index is 0.0821. The van der Waals surface area contributed by atoms with Gasteiger partial charge < -0.3 is 20.0 Å². The van der Waals surface area contributed by atoms with Gasteiger partial charge in [0.2, 0.25) is 11.8 Å². The minimum Gasteiger partial charge on any atom is -0.354 e. The molecule has 0 saturated carbocycles. The molecule has 1 atom stereocenters. The number of carbonyl (C=O) groups is 2. The van der Waals surface area contributed by atoms with Gasteiger partial charge in [-0.15, -0.1) is 0 Å². The molecule has 0 spiro atoms. The zero-order valence-corrected chi connectivity index (χ0v) is 16.2. The van der Waals surface area contributed by atoms with Gasteiger partial charge in [0.05, 0.1) is 5.92 Å². The number of amides is 2. The average molecular weight is 398 g/mol. The van der Waals surface area contributed by atoms with Gasteiger partial charge in [0, 0.05) is 50.9 Å². The van der Waals surface area contributed by atoms with Crippen molar-refractivity contribution in [3.05, 3.63) is 42.5 Å². The molecule has 1 unspecified atom stereocenters. The lowest BCUT2D eigenvalue weighted by Crippen LogP contribution is -2.44. The van der Waals surface area contributed by atoms with Crippen molar-refractivity contribution in [3.8, 4) is 0 Å². The molecule has 0 aliphatic carbocycles. The van der Waals surface area contributed by atoms with Gasteiger partial charge in [0.25, 0.3) is 0 Å². The van der Waals surface area contributed by atoms with Gasteiger partial charge in [-0.1, -0.05) is 6.07 Å². The Hall–Kier alpha value is -3.07. The Kier molecular flexibility index (Phi) is 5.39. The number of anilines is 3. The second-order valence-electron chi connectivity index (χ2n) is 7.43. The highest BCUT2D eigenvalue weighted by Gasteiger charge is 2.35. The van der Waals surface area contributed by atoms with E-state index in [4.69, 9.17) is 0 Å². The Morgan fingerprint density at radius 2 is 1.97 bits per heavy atom. The van der Waals surface area contributed by atoms with Crippen LogP contribution in [0.5, 0.6) is 0 Å². The Morgan fingerprint density at radius 3 is 2.72 bits per heavy atom. The van der Waals surface area contributed by atoms with Crippen LogP contribution < -0.4 is 15.1 Å². The number of hydrogen-bond acceptors (Lipinski definition) is 6. The standard InChI is InChI=1S/C20H23FN6O2/c1-25-5-7-26(8-6-25)18-11-17(22-13-23-18)24-20(29)14-9-19(28)27(12-14)16-4-2-3-15(21)10-16/h2-4,10-11,13-14H,5-9,12H2,1H3,(H,22,23,24,29). The summed E-state index contributed by atoms with van der Waals surface area (Å²) in [6, 6.07) is 7.58. The Labute approximate surface area is 168 Å². The number of rotatable bonds is 4. The van der Waals surface area contributed by atoms with Crippen LogP contribution >= 0.6 is 0 Å². The molecular formula is C20H23FN6O2. The number of nitrogens with zero attached hydrogens (tertiary/aromatic N) is 5. The van der Waals surface area contributed by atoms with Crippen LogP contribution in [0, 0.1) is 11.7 Å². The van der Waals surface area contributed by atoms with E-state index >= 15 is 0 Å². The summed E-state index contributed by atoms with van der Waals surface area (Å²) >= 11 is 0. The monoisotopic (exact) mass is 398 g/mol. The number of piperazine rings is 1. The van der Waals surface area contributed by atoms with E-state index in [0.29, 0.717) is 11.5 Å². The summed E-state index contributed by atoms with van der Waals surface area (Å²) in [5.74, 6) is -0.229. The third-order valence-corrected chi connectivity index (χ3v) is 5.35. The van der Waals surface area contributed by atoms with Crippen LogP contribution in [0.15, 0.2) is 36.7 Å². The predicted octanol–water partition coefficient (Wildman–Crippen LogP) is 1.36. The molecule has 2 saturated heterocycles. The molecule has 8 nitrogen and oxygen atoms in total. The van der Waals surface area contributed by atoms with Gasteiger partial charge in [0.1, 0.15) is 23.8 Å². The summed E-state index contributed by atoms with van der Waals surface area (Å²) in [6.45, 7) is 3.84. The van der Waals surface area contributed by atoms with Gasteiger partial charge in [-0.05, 0) is 25.2 Å². The maximum absolute atomic E-state index is 13.5. The molecule has 0 radical (unpaired) electrons. The van der Waals surface area contributed by atoms with Gasteiger partial charge >= 0.3 is 0 Å². The topological polar surface area (TPSA) is 81.7 Å². The van der Waals surface area contributed by atoms with E-state index in [1.807, 2.05) is 0 Å². The van der Waals surface area contributed by atoms with Crippen LogP contribution in [0.3, 0.4) is 0 Å². The van der Waals surface area contributed by atoms with E-state index < -0.39 is 11.7 Å². The first kappa shape index (κ1) is 19.3. The molecule has 29 heavy (non-hydrogen) atoms. The summed E-state index contributed by atoms with van der Waals surface area (Å²) in [6.07, 6.45) is 1.51. The second-order valence-corrected chi connectivity index (χ2v) is 7.43. The van der Waals surface area contributed by atoms with Crippen molar-refractivity contribution >= 4 is 29.1 Å². The highest BCUT2D eigenvalue weighted by molar-refractivity contribution is 6.03. The molecule has 2 aliphatic heterocycles. The van der Waals surface area contributed by atoms with Crippen molar-refractivity contribution in [3.63, 3.8) is 0 Å². The highest BCUT2D eigenvalue weighted by atomic mass is 19.1. The Morgan fingerprint density at radius 1 is 1.17 bits per heavy atom. The van der Waals surface area contributed by atoms with Crippen LogP contribution in [0.25, 0.3) is 0 Å². The minimum atomic E-state index is -0.521. The number of benzene rings is 1. The molecule has 3 heterocycles. The molecule has 2 aromatic rings. The number of nitrogens with one attached hydrogen (secondary N) is 1. The molecule has 4 rings (SSSR count). The Bertz CT molecular complexity index is 915. The fourth-order valence-electron chi connectivity index (χ4n) is 3.63. The summed E-state index contributed by atoms with van der Waals surface area (Å²) < 4.78 is 13.5. The van der Waals surface area contributed by atoms with Crippen molar-refractivity contribution in [1.29, 1.82) is 0 Å². The maximum Gasteiger partial charge on any atom is 0.230 e. The normalized spacial score (nSPS) is 20.2. The first-order valence-corrected chi connectivity index (χ1v) is 9.62. The fourth-order valence-corrected chi connectivity index (χ4v) is 3.63. The SMILES string of the molecule is CN1CCN(c2cc(NC(=O)C3CC(=O)N(c4cccc(F)c4)C3)ncn2)CC1. The van der Waals surface area contributed by atoms with Crippen LogP contribution in [-0.4, -0.2) is 66.5 Å². The molecule has 9 heteroatoms. The summed E-state index contributed by atoms with van der Waals surface area (Å²) in [4.78, 5) is 39.3. The van der Waals surface area contributed by atoms with E-state index in [1.165, 1.54) is 23.4 Å². The number of aromatic nitrogens is 2. The quantitative estimate of drug-likeness (QED) is 0.838. The molecule has 0 bridgehead atoms. The molecule has 2 fully saturated rings. The summed E-state index contributed by atoms with van der Waals surface area (Å²) in [5, 5.41) is 2.80. The third-order valence-electron chi connectivity index (χ3n) is 5.35. The average Bonchev–Trinajstić information content (AvgIpc) is 3.11. The largest absolute Gasteiger partial charge is 0.354 e. The van der Waals surface area contributed by atoms with Crippen molar-refractivity contribution in [2.75, 3.05) is 54.9 Å². The van der Waals surface area contributed by atoms with Gasteiger partial charge in [0.15, 0.2) is 0 Å². The highest BCUT2D eigenvalue weighted by Crippen LogP contribution is 2.26. The zero-order chi connectivity index (χ0) is 20.4. The lowest BCUT2D eigenvalue weighted by atomic mass is 10.1. The van der Waals surface area contributed by atoms with Gasteiger partial charge in [-0.3, -0.25) is 9.59 Å². The zero-order valence-electron chi connectivity index (χ0n) is 16.2. The van der Waals surface area contributed by atoms with E-state index in [1.54, 1.807) is 18.2 Å². The molecule has 1 aromatic heterocycles. The first-order valence-electron chi connectivity index (χ1n) is 9.62. The molecule has 152 valence electrons. The van der Waals surface area contributed by atoms with Crippen molar-refractivity contribution < 1.29 is 14.0 Å². The number of likely N-dealkylation sites (N-methyl/N-ethyl adjacent to an activating group) is 1. The molecular weight excluding hydrogens is 375 g/mol. The molecule has 2 amide bonds. The summed E-state index contributed by atoms with van der Waals surface area (Å²) in [5.41, 5.74) is 0.463. The van der Waals surface area contributed by atoms with Crippen molar-refractivity contribution in [2.45, 2.75) is 6.42 Å². The van der Waals surface area contributed by atoms with Crippen molar-refractivity contribution in [1.82, 2.24) is 14.9 Å². The third kappa shape index (κ3) is 4.34. The lowest BCUT2D eigenvalue weighted by Gasteiger charge is -2.33. The molecule has 1 N–H and O–H groups in total. The van der Waals surface area contributed by atoms with E-state index in [-0.39, 0.29) is 24.8 Å². The predicted molar refractivity (Wildman–Crippen MR) is 107 cm³/mol. The van der Waals surface area contributed by atoms with Crippen LogP contribution in [-0.2, 0) is 9.59 Å². The van der Waals surface area contributed by atoms with E-state index in [2.05, 4.69) is 32.1 Å². The molecule has 1 aromatic carbocycles. The fraction of sp³-hybridized carbons (Fsp3) is 0.400. The molecule has 2 aliphatic rings. The van der Waals surface area contributed by atoms with E-state index in [9.17, 15) is 14.0 Å². The van der Waals surface area contributed by atoms with Crippen molar-refractivity contribution in [2.24, 2.45) is 5.92 Å². The summed E-state index contributed by atoms with van der Waals surface area (Å²) in [7, 11) is 2.08. The first-order chi connectivity index (χ1) is 14.0. The number of halogens is 1. The number of hydrogen-bond donors (Lipinski definition) is 1. The van der Waals surface area contributed by atoms with Gasteiger partial charge in [-0.25, -0.2) is 14.4 Å². The number of carbonyl (C=O) groups excluding carboxylic acids is 2. The lowest BCUT2D eigenvalue weighted by molar-refractivity contribution is -0.122. The maximum atomic E-state index is 13.5. The van der Waals surface area contributed by atoms with Gasteiger partial charge in [-0.2, -0.15) is 0 Å². The van der Waals surface area contributed by atoms with E-state index in [0.717, 1.165) is 32.0 Å². The van der Waals surface area contributed by atoms with Crippen LogP contribution in [0.4, 0.5) is 21.7 Å².